The van der Waals surface area contributed by atoms with Gasteiger partial charge in [-0.2, -0.15) is 0 Å². The Hall–Kier alpha value is -2.56. The molecule has 3 rings (SSSR count). The molecule has 1 aliphatic heterocycles. The molecular formula is C13H140BN3O3. The van der Waals surface area contributed by atoms with Crippen molar-refractivity contribution >= 4 is 24.1 Å². The fraction of sp³-hybridized carbons (Fsp3) is 0.0769. The molecule has 0 bridgehead atoms. The summed E-state index contributed by atoms with van der Waals surface area (Å²) in [6.07, 6.45) is 0. The molecule has 0 aliphatic carbocycles. The van der Waals surface area contributed by atoms with E-state index in [0.717, 1.165) is 11.0 Å². The van der Waals surface area contributed by atoms with Crippen LogP contribution in [0.15, 0.2) is 30.3 Å². The van der Waals surface area contributed by atoms with Crippen molar-refractivity contribution in [3.05, 3.63) is 47.3 Å². The van der Waals surface area contributed by atoms with Crippen molar-refractivity contribution in [2.75, 3.05) is 5.73 Å². The molecule has 0 saturated heterocycles. The lowest BCUT2D eigenvalue weighted by Gasteiger charge is -2.07. The molecule has 20 heavy (non-hydrogen) atoms. The second kappa shape index (κ2) is 4.85. The van der Waals surface area contributed by atoms with Crippen molar-refractivity contribution in [3.8, 4) is 11.6 Å². The van der Waals surface area contributed by atoms with Gasteiger partial charge < -0.3 is 20.1 Å². The van der Waals surface area contributed by atoms with Gasteiger partial charge in [0.1, 0.15) is 11.6 Å². The third kappa shape index (κ3) is 2.18. The van der Waals surface area contributed by atoms with Crippen molar-refractivity contribution in [2.45, 2.75) is 6.61 Å². The maximum absolute atomic E-state index is 9.54. The Morgan fingerprint density at radius 1 is 1.50 bits per heavy atom. The molecule has 2 aromatic rings. The number of anilines is 1. The summed E-state index contributed by atoms with van der Waals surface area (Å²) in [5.41, 5.74) is 7.55. The summed E-state index contributed by atoms with van der Waals surface area (Å²) in [6.45, 7) is 7.25. The minimum Gasteiger partial charge on any atom is -0.439 e. The second-order valence-corrected chi connectivity index (χ2v) is 4.29. The number of hydrogen-bond acceptors (Lipinski definition) is 5. The average Bonchev–Trinajstić information content (AvgIpc) is 1.67. The van der Waals surface area contributed by atoms with Crippen molar-refractivity contribution in [3.63, 3.8) is 0 Å². The normalized spacial score (nSPS) is 38.9. The van der Waals surface area contributed by atoms with Crippen LogP contribution >= 0.6 is 0 Å². The zero-order valence-electron chi connectivity index (χ0n) is 140. The molecule has 7 heteroatoms. The van der Waals surface area contributed by atoms with Crippen LogP contribution in [0.4, 0.5) is 11.5 Å². The average molecular weight is 529 g/mol. The summed E-state index contributed by atoms with van der Waals surface area (Å²) >= 11 is 0. The minimum absolute atomic E-state index is 0.136. The van der Waals surface area contributed by atoms with Crippen LogP contribution in [0, 0.1) is 6.57 Å². The fourth-order valence-corrected chi connectivity index (χ4v) is 1.99. The van der Waals surface area contributed by atoms with Crippen LogP contribution in [-0.4, -0.2) is 17.1 Å². The monoisotopic (exact) mass is 529 g/mol. The number of hydrogen-bond donors (Lipinski definition) is 2. The zero-order chi connectivity index (χ0) is 144. The molecule has 1 aromatic heterocycles. The van der Waals surface area contributed by atoms with Crippen molar-refractivity contribution in [1.29, 1.82) is 0 Å². The van der Waals surface area contributed by atoms with Crippen LogP contribution < -0.4 is 15.9 Å². The Morgan fingerprint density at radius 2 is 2.35 bits per heavy atom. The lowest BCUT2D eigenvalue weighted by atomic mass is 9.80. The topological polar surface area (TPSA) is 82.0 Å². The summed E-state index contributed by atoms with van der Waals surface area (Å²) in [5, 5.41) is 9.54. The number of benzene rings is 1. The number of rotatable bonds is 2. The number of nitrogen functional groups attached to an aromatic ring is 1. The summed E-state index contributed by atoms with van der Waals surface area (Å²) in [5.74, 6) is 1.02. The van der Waals surface area contributed by atoms with Gasteiger partial charge in [0.05, 0.1) is 13.2 Å². The molecule has 0 radical (unpaired) electrons. The van der Waals surface area contributed by atoms with Gasteiger partial charge in [-0.15, -0.1) is 0 Å². The number of fused-ring (bicyclic) bond motifs is 1. The van der Waals surface area contributed by atoms with E-state index in [4.69, 9.17) is 215 Å². The first-order valence-electron chi connectivity index (χ1n) is 70.9. The van der Waals surface area contributed by atoms with E-state index >= 15 is 0 Å². The van der Waals surface area contributed by atoms with Gasteiger partial charge in [-0.25, -0.2) is 9.83 Å². The Bertz CT molecular complexity index is 799. The van der Waals surface area contributed by atoms with E-state index in [9.17, 15) is 5.02 Å². The van der Waals surface area contributed by atoms with Crippen molar-refractivity contribution in [2.24, 2.45) is 0 Å². The lowest BCUT2D eigenvalue weighted by molar-refractivity contribution is 0.275. The molecule has 1 aliphatic rings. The van der Waals surface area contributed by atoms with Crippen LogP contribution in [0.1, 0.15) is 199 Å². The minimum atomic E-state index is -0.870. The third-order valence-electron chi connectivity index (χ3n) is 3.00. The van der Waals surface area contributed by atoms with E-state index in [2.05, 4.69) is 9.83 Å². The SMILES string of the molecule is [2H][2H].[2H][2H].[2H][2H].[2H][2H].[2H][2H].[2H][2H].[2H][2H].[2H][2H].[2H][2H].[2H][2H].[2H][2H].[2H][2H].[2H][2H].[2H][2H].[2H][2H].[2H][2H].[2H][2H].[2H][2H].[2H][2H].[2H][2H].[2H][2H].[2H][2H].[2H][2H].[2H][2H].[2H][2H].[2H][2H].[2H][2H].[2H][2H].[2H][2H].[2H][2H].[2H][2H].[2H][2H].[2H][2H].[2H][2H].[2H][2H].[2H][2H].[2H][2H].[2H][2H].[2H][2H].[2H][2H].[2H][2H].[2H][2H].[2H][2H].[2H][2H].[2H][2H].[2H][2H].[2H][2H].[2H][2H].[2H][2H].[2H][2H].[2H][2H].[2H][2H].[2H][2H].[2H][2H].[2H][2H].[2H][2H].[2H][2H].[2H][2H].[2H][2H].[2H][2H].[2H][2H].[2H][2H].[2H][2H].[2H][2H].[2H][2H].[C-]#[N+]c1ccc(Oc2ccc3c(c2)COB3O)nc1N. The number of nitrogens with two attached hydrogens (primary N) is 1. The standard InChI is InChI=1S/C13H10BN3O3.65H2/c1-16-11-4-5-12(17-13(11)15)20-9-2-3-10-8(6-9)7-19-14(10)18;;;;;;;;;;;;;;;;;;;;;;;;;;;;;;;;;;;;;;;;;;;;;;;;;;;;;;;;;;;;;;;;;/h2-6,18H,7H2,(H2,15,17);65*1H/i;65*1+1D. The van der Waals surface area contributed by atoms with E-state index in [1.807, 2.05) is 0 Å². The molecule has 0 saturated carbocycles. The summed E-state index contributed by atoms with van der Waals surface area (Å²) in [7, 11) is -0.870. The molecule has 2 heterocycles. The first-order chi connectivity index (χ1) is 74.7. The van der Waals surface area contributed by atoms with E-state index in [1.54, 1.807) is 30.3 Å². The molecule has 0 atom stereocenters. The highest BCUT2D eigenvalue weighted by Gasteiger charge is 2.27. The molecule has 0 amide bonds. The van der Waals surface area contributed by atoms with Crippen LogP contribution in [0.3, 0.4) is 0 Å². The number of ether oxygens (including phenoxy) is 1. The Morgan fingerprint density at radius 3 is 3.10 bits per heavy atom. The Labute approximate surface area is 316 Å². The smallest absolute Gasteiger partial charge is 0.439 e. The molecule has 3 N–H and O–H groups in total. The van der Waals surface area contributed by atoms with Gasteiger partial charge in [0.2, 0.25) is 11.6 Å². The lowest BCUT2D eigenvalue weighted by Crippen LogP contribution is -2.27. The first kappa shape index (κ1) is 0.662. The Balaban J connectivity index is -0.00000000868. The van der Waals surface area contributed by atoms with E-state index in [-0.39, 0.29) is 5.82 Å². The van der Waals surface area contributed by atoms with Gasteiger partial charge in [0.25, 0.3) is 0 Å². The predicted molar refractivity (Wildman–Crippen MR) is 211 cm³/mol. The predicted octanol–water partition coefficient (Wildman–Crippen LogP) is 17.2. The number of nitrogens with zero attached hydrogens (tertiary/aromatic N) is 2. The summed E-state index contributed by atoms with van der Waals surface area (Å²) in [6, 6.07) is 8.40. The van der Waals surface area contributed by atoms with Gasteiger partial charge in [-0.05, 0) is 35.3 Å². The number of aromatic nitrogens is 1. The Kier molecular flexibility index (Phi) is 0.160. The van der Waals surface area contributed by atoms with Gasteiger partial charge in [-0.1, -0.05) is 6.07 Å². The summed E-state index contributed by atoms with van der Waals surface area (Å²) < 4.78 is 661. The molecule has 1 aromatic carbocycles. The molecule has 228 valence electrons. The zero-order valence-corrected chi connectivity index (χ0v) is 10.4. The van der Waals surface area contributed by atoms with Gasteiger partial charge in [0.15, 0.2) is 0 Å². The van der Waals surface area contributed by atoms with Crippen LogP contribution in [0.2, 0.25) is 0 Å². The van der Waals surface area contributed by atoms with Crippen molar-refractivity contribution in [1.82, 2.24) is 4.98 Å². The maximum atomic E-state index is 9.54. The van der Waals surface area contributed by atoms with E-state index in [1.165, 1.54) is 0 Å². The molecule has 0 unspecified atom stereocenters. The molecule has 0 spiro atoms. The van der Waals surface area contributed by atoms with Crippen LogP contribution in [-0.2, 0) is 11.3 Å². The highest BCUT2D eigenvalue weighted by Crippen LogP contribution is 2.27. The maximum Gasteiger partial charge on any atom is 0.491 e. The fourth-order valence-electron chi connectivity index (χ4n) is 1.99. The van der Waals surface area contributed by atoms with Crippen molar-refractivity contribution < 1.29 is 207 Å². The number of pyridine rings is 1. The highest BCUT2D eigenvalue weighted by atomic mass is 16.5. The second-order valence-electron chi connectivity index (χ2n) is 4.29. The highest BCUT2D eigenvalue weighted by molar-refractivity contribution is 6.61. The van der Waals surface area contributed by atoms with Crippen LogP contribution in [0.25, 0.3) is 4.85 Å². The largest absolute Gasteiger partial charge is 0.491 e. The van der Waals surface area contributed by atoms with Gasteiger partial charge >= 0.3 is 7.12 Å². The molecule has 0 fully saturated rings. The van der Waals surface area contributed by atoms with E-state index < -0.39 is 7.12 Å². The summed E-state index contributed by atoms with van der Waals surface area (Å²) in [4.78, 5) is 7.25. The molecule has 6 nitrogen and oxygen atoms in total. The van der Waals surface area contributed by atoms with Crippen LogP contribution in [0.5, 0.6) is 11.6 Å². The quantitative estimate of drug-likeness (QED) is 0.299. The van der Waals surface area contributed by atoms with E-state index in [0.29, 0.717) is 23.9 Å². The first-order valence-corrected chi connectivity index (χ1v) is 5.91. The third-order valence-corrected chi connectivity index (χ3v) is 3.00. The van der Waals surface area contributed by atoms with Gasteiger partial charge in [0, 0.05) is 193 Å². The van der Waals surface area contributed by atoms with Gasteiger partial charge in [-0.3, -0.25) is 0 Å². The molecular weight excluding hydrogens is 257 g/mol.